The van der Waals surface area contributed by atoms with Crippen molar-refractivity contribution in [3.05, 3.63) is 211 Å². The second-order valence-corrected chi connectivity index (χ2v) is 25.8. The van der Waals surface area contributed by atoms with Crippen molar-refractivity contribution in [2.24, 2.45) is 0 Å². The number of phenols is 10. The molecule has 22 nitrogen and oxygen atoms in total. The zero-order chi connectivity index (χ0) is 64.4. The number of phenolic OH excluding ortho intramolecular Hbond substituents is 10. The van der Waals surface area contributed by atoms with E-state index in [1.165, 1.54) is 61.2 Å². The number of hydrogen-bond acceptors (Lipinski definition) is 18. The molecule has 0 saturated heterocycles. The summed E-state index contributed by atoms with van der Waals surface area (Å²) in [6.07, 6.45) is 5.75. The van der Waals surface area contributed by atoms with Crippen molar-refractivity contribution in [3.8, 4) is 68.6 Å². The molecule has 0 unspecified atom stereocenters. The van der Waals surface area contributed by atoms with Gasteiger partial charge in [-0.1, -0.05) is 92.9 Å². The Morgan fingerprint density at radius 1 is 0.330 bits per heavy atom. The predicted molar refractivity (Wildman–Crippen MR) is 328 cm³/mol. The van der Waals surface area contributed by atoms with Crippen LogP contribution in [-0.4, -0.2) is 84.7 Å². The average molecular weight is 1290 g/mol. The quantitative estimate of drug-likeness (QED) is 0.0203. The number of aryl methyl sites for hydroxylation is 1. The molecule has 0 atom stereocenters. The van der Waals surface area contributed by atoms with Gasteiger partial charge in [0.15, 0.2) is 57.5 Å². The number of aromatic hydroxyl groups is 10. The van der Waals surface area contributed by atoms with Gasteiger partial charge in [-0.3, -0.25) is 14.2 Å². The molecule has 0 saturated carbocycles. The topological polar surface area (TPSA) is 387 Å². The second kappa shape index (κ2) is 29.9. The van der Waals surface area contributed by atoms with Gasteiger partial charge in [0.25, 0.3) is 30.1 Å². The lowest BCUT2D eigenvalue weighted by atomic mass is 10.1. The summed E-state index contributed by atoms with van der Waals surface area (Å²) in [5.74, 6) is -4.80. The highest BCUT2D eigenvalue weighted by atomic mass is 32.2. The SMILES string of the molecule is CCCCCCc1ccc(NS(=O)(=O)c2ccc(O)c(O)c2)cc1.O=S(=O)(NCc1ccccc1)c1ccc(O)c(O)c1.O=S(=O)(Nc1ccc(-c2cccc(F)c2)cc1)c1ccc(O)c(O)c1.O=S(=O)(Nc1ccc(O)c(O)c1)c1ccc(O)c(O)c1. The number of nitrogens with one attached hydrogen (secondary N) is 4. The van der Waals surface area contributed by atoms with Crippen LogP contribution in [0.3, 0.4) is 0 Å². The monoisotopic (exact) mass is 1280 g/mol. The standard InChI is InChI=1S/C18H14FNO4S.C18H23NO4S.C13H13NO4S.C12H11NO6S/c19-14-3-1-2-13(10-14)12-4-6-15(7-5-12)20-25(23,24)16-8-9-17(21)18(22)11-16;1-2-3-4-5-6-14-7-9-15(10-8-14)19-24(22,23)16-11-12-17(20)18(21)13-16;15-12-7-6-11(8-13(12)16)19(17,18)14-9-10-4-2-1-3-5-10;14-9-3-1-7(5-11(9)16)13-20(18,19)8-2-4-10(15)12(17)6-8/h1-11,20-22H;7-13,19-21H,2-6H2,1H3;1-8,14-16H,9H2;1-6,13-17H. The van der Waals surface area contributed by atoms with Crippen LogP contribution in [0.15, 0.2) is 214 Å². The van der Waals surface area contributed by atoms with Crippen LogP contribution in [0.2, 0.25) is 0 Å². The van der Waals surface area contributed by atoms with Crippen molar-refractivity contribution in [1.82, 2.24) is 4.72 Å². The Morgan fingerprint density at radius 3 is 1.12 bits per heavy atom. The fourth-order valence-electron chi connectivity index (χ4n) is 7.66. The van der Waals surface area contributed by atoms with Gasteiger partial charge in [0.2, 0.25) is 10.0 Å². The smallest absolute Gasteiger partial charge is 0.262 e. The van der Waals surface area contributed by atoms with Crippen LogP contribution in [0.4, 0.5) is 21.5 Å². The minimum absolute atomic E-state index is 0.0351. The van der Waals surface area contributed by atoms with Crippen LogP contribution in [0, 0.1) is 5.82 Å². The maximum Gasteiger partial charge on any atom is 0.262 e. The van der Waals surface area contributed by atoms with E-state index in [2.05, 4.69) is 25.8 Å². The highest BCUT2D eigenvalue weighted by molar-refractivity contribution is 7.93. The van der Waals surface area contributed by atoms with Gasteiger partial charge in [0.1, 0.15) is 5.82 Å². The molecule has 0 amide bonds. The van der Waals surface area contributed by atoms with Crippen molar-refractivity contribution >= 4 is 57.2 Å². The van der Waals surface area contributed by atoms with E-state index in [4.69, 9.17) is 15.3 Å². The molecular weight excluding hydrogens is 1220 g/mol. The summed E-state index contributed by atoms with van der Waals surface area (Å²) in [5.41, 5.74) is 4.23. The van der Waals surface area contributed by atoms with Gasteiger partial charge < -0.3 is 51.1 Å². The lowest BCUT2D eigenvalue weighted by Crippen LogP contribution is -2.23. The van der Waals surface area contributed by atoms with Crippen LogP contribution in [-0.2, 0) is 53.1 Å². The summed E-state index contributed by atoms with van der Waals surface area (Å²) in [4.78, 5) is -0.655. The van der Waals surface area contributed by atoms with Crippen molar-refractivity contribution in [2.75, 3.05) is 14.2 Å². The fraction of sp³-hybridized carbons (Fsp3) is 0.115. The first-order valence-corrected chi connectivity index (χ1v) is 32.2. The highest BCUT2D eigenvalue weighted by Gasteiger charge is 2.20. The minimum atomic E-state index is -4.00. The van der Waals surface area contributed by atoms with Gasteiger partial charge in [0, 0.05) is 48.3 Å². The van der Waals surface area contributed by atoms with Crippen LogP contribution in [0.1, 0.15) is 43.7 Å². The number of sulfonamides is 4. The Labute approximate surface area is 507 Å². The first kappa shape index (κ1) is 67.2. The first-order valence-electron chi connectivity index (χ1n) is 26.2. The van der Waals surface area contributed by atoms with E-state index >= 15 is 0 Å². The van der Waals surface area contributed by atoms with Gasteiger partial charge in [-0.15, -0.1) is 0 Å². The van der Waals surface area contributed by atoms with Gasteiger partial charge >= 0.3 is 0 Å². The maximum absolute atomic E-state index is 13.3. The molecule has 0 bridgehead atoms. The van der Waals surface area contributed by atoms with E-state index in [1.807, 2.05) is 30.3 Å². The molecule has 88 heavy (non-hydrogen) atoms. The second-order valence-electron chi connectivity index (χ2n) is 19.0. The minimum Gasteiger partial charge on any atom is -0.504 e. The molecule has 0 aliphatic heterocycles. The normalized spacial score (nSPS) is 11.3. The van der Waals surface area contributed by atoms with E-state index in [1.54, 1.807) is 60.7 Å². The summed E-state index contributed by atoms with van der Waals surface area (Å²) in [6, 6.07) is 45.3. The summed E-state index contributed by atoms with van der Waals surface area (Å²) in [6.45, 7) is 2.33. The Hall–Kier alpha value is -9.93. The Bertz CT molecular complexity index is 4320. The molecule has 0 aliphatic rings. The lowest BCUT2D eigenvalue weighted by molar-refractivity contribution is 0.402. The van der Waals surface area contributed by atoms with E-state index in [-0.39, 0.29) is 54.9 Å². The number of hydrogen-bond donors (Lipinski definition) is 14. The fourth-order valence-corrected chi connectivity index (χ4v) is 11.9. The van der Waals surface area contributed by atoms with Crippen LogP contribution in [0.5, 0.6) is 57.5 Å². The number of benzene rings is 9. The zero-order valence-corrected chi connectivity index (χ0v) is 49.7. The van der Waals surface area contributed by atoms with E-state index in [0.29, 0.717) is 16.9 Å². The zero-order valence-electron chi connectivity index (χ0n) is 46.5. The highest BCUT2D eigenvalue weighted by Crippen LogP contribution is 2.33. The molecule has 0 spiro atoms. The van der Waals surface area contributed by atoms with Crippen molar-refractivity contribution < 1.29 is 89.1 Å². The molecule has 0 fully saturated rings. The van der Waals surface area contributed by atoms with E-state index in [0.717, 1.165) is 90.7 Å². The molecule has 14 N–H and O–H groups in total. The third-order valence-electron chi connectivity index (χ3n) is 12.4. The number of anilines is 3. The van der Waals surface area contributed by atoms with Crippen LogP contribution in [0.25, 0.3) is 11.1 Å². The number of unbranched alkanes of at least 4 members (excludes halogenated alkanes) is 3. The molecule has 9 aromatic carbocycles. The Balaban J connectivity index is 0.000000188. The number of halogens is 1. The largest absolute Gasteiger partial charge is 0.504 e. The Morgan fingerprint density at radius 2 is 0.716 bits per heavy atom. The molecule has 0 aromatic heterocycles. The summed E-state index contributed by atoms with van der Waals surface area (Å²) < 4.78 is 120. The third kappa shape index (κ3) is 19.6. The summed E-state index contributed by atoms with van der Waals surface area (Å²) in [7, 11) is -15.4. The molecule has 464 valence electrons. The van der Waals surface area contributed by atoms with Gasteiger partial charge in [-0.2, -0.15) is 0 Å². The van der Waals surface area contributed by atoms with Gasteiger partial charge in [-0.25, -0.2) is 42.8 Å². The molecule has 0 heterocycles. The first-order chi connectivity index (χ1) is 41.5. The van der Waals surface area contributed by atoms with Crippen molar-refractivity contribution in [1.29, 1.82) is 0 Å². The molecule has 0 radical (unpaired) electrons. The van der Waals surface area contributed by atoms with Crippen LogP contribution < -0.4 is 18.9 Å². The van der Waals surface area contributed by atoms with Crippen molar-refractivity contribution in [3.63, 3.8) is 0 Å². The maximum atomic E-state index is 13.3. The summed E-state index contributed by atoms with van der Waals surface area (Å²) >= 11 is 0. The molecule has 9 rings (SSSR count). The third-order valence-corrected chi connectivity index (χ3v) is 17.9. The van der Waals surface area contributed by atoms with E-state index in [9.17, 15) is 73.8 Å². The lowest BCUT2D eigenvalue weighted by Gasteiger charge is -2.10. The van der Waals surface area contributed by atoms with Gasteiger partial charge in [0.05, 0.1) is 25.3 Å². The average Bonchev–Trinajstić information content (AvgIpc) is 2.81. The van der Waals surface area contributed by atoms with Crippen molar-refractivity contribution in [2.45, 2.75) is 65.2 Å². The molecule has 0 aliphatic carbocycles. The molecule has 27 heteroatoms. The molecular formula is C61H61FN4O18S4. The van der Waals surface area contributed by atoms with Crippen LogP contribution >= 0.6 is 0 Å². The summed E-state index contributed by atoms with van der Waals surface area (Å²) in [5, 5.41) is 92.7. The number of rotatable bonds is 19. The van der Waals surface area contributed by atoms with Gasteiger partial charge in [-0.05, 0) is 132 Å². The Kier molecular flexibility index (Phi) is 22.9. The van der Waals surface area contributed by atoms with E-state index < -0.39 is 80.3 Å². The molecule has 9 aromatic rings. The predicted octanol–water partition coefficient (Wildman–Crippen LogP) is 10.6.